The topological polar surface area (TPSA) is 63.7 Å². The van der Waals surface area contributed by atoms with E-state index in [-0.39, 0.29) is 25.2 Å². The molecule has 1 heterocycles. The van der Waals surface area contributed by atoms with Crippen LogP contribution in [0.3, 0.4) is 0 Å². The number of rotatable bonds is 3. The van der Waals surface area contributed by atoms with E-state index in [1.54, 1.807) is 0 Å². The number of carbonyl (C=O) groups is 3. The summed E-state index contributed by atoms with van der Waals surface area (Å²) >= 11 is 0. The van der Waals surface area contributed by atoms with Gasteiger partial charge in [-0.2, -0.15) is 0 Å². The number of amides is 2. The van der Waals surface area contributed by atoms with E-state index in [1.807, 2.05) is 0 Å². The van der Waals surface area contributed by atoms with Crippen molar-refractivity contribution in [2.75, 3.05) is 0 Å². The maximum Gasteiger partial charge on any atom is 0.333 e. The molecule has 2 amide bonds. The van der Waals surface area contributed by atoms with Gasteiger partial charge in [0.15, 0.2) is 0 Å². The molecule has 0 saturated carbocycles. The molecule has 1 aliphatic heterocycles. The first-order valence-electron chi connectivity index (χ1n) is 6.88. The van der Waals surface area contributed by atoms with Gasteiger partial charge in [-0.15, -0.1) is 5.06 Å². The molecule has 2 aliphatic rings. The van der Waals surface area contributed by atoms with Crippen molar-refractivity contribution in [1.29, 1.82) is 0 Å². The van der Waals surface area contributed by atoms with Gasteiger partial charge in [0, 0.05) is 12.8 Å². The van der Waals surface area contributed by atoms with Crippen LogP contribution in [0.4, 0.5) is 0 Å². The average molecular weight is 265 g/mol. The summed E-state index contributed by atoms with van der Waals surface area (Å²) in [5.41, 5.74) is 0. The van der Waals surface area contributed by atoms with Crippen LogP contribution in [-0.2, 0) is 19.2 Å². The van der Waals surface area contributed by atoms with E-state index in [0.29, 0.717) is 5.06 Å². The molecule has 104 valence electrons. The van der Waals surface area contributed by atoms with E-state index in [4.69, 9.17) is 4.84 Å². The summed E-state index contributed by atoms with van der Waals surface area (Å²) in [5, 5.41) is 0.630. The average Bonchev–Trinajstić information content (AvgIpc) is 2.64. The lowest BCUT2D eigenvalue weighted by Gasteiger charge is -2.18. The molecule has 1 saturated heterocycles. The van der Waals surface area contributed by atoms with Gasteiger partial charge in [0.2, 0.25) is 0 Å². The van der Waals surface area contributed by atoms with Crippen molar-refractivity contribution >= 4 is 17.8 Å². The molecule has 1 atom stereocenters. The molecule has 2 rings (SSSR count). The predicted molar refractivity (Wildman–Crippen MR) is 67.5 cm³/mol. The van der Waals surface area contributed by atoms with Gasteiger partial charge >= 0.3 is 5.97 Å². The lowest BCUT2D eigenvalue weighted by molar-refractivity contribution is -0.198. The lowest BCUT2D eigenvalue weighted by atomic mass is 9.91. The molecule has 1 fully saturated rings. The van der Waals surface area contributed by atoms with Crippen LogP contribution in [0.5, 0.6) is 0 Å². The zero-order valence-corrected chi connectivity index (χ0v) is 11.0. The molecular formula is C14H19NO4. The van der Waals surface area contributed by atoms with Gasteiger partial charge in [0.05, 0.1) is 6.42 Å². The van der Waals surface area contributed by atoms with Gasteiger partial charge < -0.3 is 4.84 Å². The summed E-state index contributed by atoms with van der Waals surface area (Å²) in [4.78, 5) is 39.3. The quantitative estimate of drug-likeness (QED) is 0.579. The van der Waals surface area contributed by atoms with Crippen molar-refractivity contribution in [2.45, 2.75) is 51.4 Å². The van der Waals surface area contributed by atoms with Crippen molar-refractivity contribution < 1.29 is 19.2 Å². The first kappa shape index (κ1) is 13.8. The molecule has 0 aromatic heterocycles. The van der Waals surface area contributed by atoms with E-state index < -0.39 is 17.8 Å². The fourth-order valence-corrected chi connectivity index (χ4v) is 2.47. The number of hydrogen-bond donors (Lipinski definition) is 0. The summed E-state index contributed by atoms with van der Waals surface area (Å²) in [6.45, 7) is 0. The molecule has 0 bridgehead atoms. The minimum Gasteiger partial charge on any atom is -0.330 e. The Balaban J connectivity index is 1.81. The van der Waals surface area contributed by atoms with Crippen LogP contribution >= 0.6 is 0 Å². The maximum atomic E-state index is 11.8. The normalized spacial score (nSPS) is 25.9. The number of allylic oxidation sites excluding steroid dienone is 2. The molecule has 5 heteroatoms. The molecule has 19 heavy (non-hydrogen) atoms. The van der Waals surface area contributed by atoms with Gasteiger partial charge in [-0.1, -0.05) is 12.2 Å². The molecule has 0 radical (unpaired) electrons. The van der Waals surface area contributed by atoms with Gasteiger partial charge in [-0.25, -0.2) is 4.79 Å². The van der Waals surface area contributed by atoms with Crippen molar-refractivity contribution in [3.63, 3.8) is 0 Å². The molecule has 0 aromatic carbocycles. The summed E-state index contributed by atoms with van der Waals surface area (Å²) in [5.74, 6) is -1.03. The Morgan fingerprint density at radius 1 is 1.16 bits per heavy atom. The first-order valence-corrected chi connectivity index (χ1v) is 6.88. The Morgan fingerprint density at radius 2 is 1.84 bits per heavy atom. The highest BCUT2D eigenvalue weighted by Crippen LogP contribution is 2.23. The second-order valence-electron chi connectivity index (χ2n) is 5.09. The van der Waals surface area contributed by atoms with Crippen LogP contribution in [0.2, 0.25) is 0 Å². The zero-order chi connectivity index (χ0) is 13.7. The third-order valence-electron chi connectivity index (χ3n) is 3.55. The zero-order valence-electron chi connectivity index (χ0n) is 11.0. The highest BCUT2D eigenvalue weighted by Gasteiger charge is 2.33. The minimum absolute atomic E-state index is 0.139. The monoisotopic (exact) mass is 265 g/mol. The van der Waals surface area contributed by atoms with E-state index in [2.05, 4.69) is 12.2 Å². The summed E-state index contributed by atoms with van der Waals surface area (Å²) < 4.78 is 0. The van der Waals surface area contributed by atoms with Crippen LogP contribution in [0.25, 0.3) is 0 Å². The number of nitrogens with zero attached hydrogens (tertiary/aromatic N) is 1. The Kier molecular flexibility index (Phi) is 4.71. The minimum atomic E-state index is -0.474. The highest BCUT2D eigenvalue weighted by molar-refractivity contribution is 6.01. The van der Waals surface area contributed by atoms with E-state index in [0.717, 1.165) is 32.1 Å². The van der Waals surface area contributed by atoms with E-state index in [9.17, 15) is 14.4 Å². The van der Waals surface area contributed by atoms with Gasteiger partial charge in [0.25, 0.3) is 11.8 Å². The van der Waals surface area contributed by atoms with Crippen LogP contribution < -0.4 is 0 Å². The number of imide groups is 1. The smallest absolute Gasteiger partial charge is 0.330 e. The summed E-state index contributed by atoms with van der Waals surface area (Å²) in [6.07, 6.45) is 9.91. The third-order valence-corrected chi connectivity index (χ3v) is 3.55. The molecule has 0 spiro atoms. The Morgan fingerprint density at radius 3 is 2.58 bits per heavy atom. The maximum absolute atomic E-state index is 11.8. The largest absolute Gasteiger partial charge is 0.333 e. The second kappa shape index (κ2) is 6.50. The molecule has 0 N–H and O–H groups in total. The first-order chi connectivity index (χ1) is 9.16. The molecule has 5 nitrogen and oxygen atoms in total. The van der Waals surface area contributed by atoms with Crippen LogP contribution in [0.1, 0.15) is 51.4 Å². The van der Waals surface area contributed by atoms with Crippen molar-refractivity contribution in [3.05, 3.63) is 12.2 Å². The van der Waals surface area contributed by atoms with Gasteiger partial charge in [0.1, 0.15) is 0 Å². The number of carbonyl (C=O) groups excluding carboxylic acids is 3. The molecule has 1 unspecified atom stereocenters. The van der Waals surface area contributed by atoms with Crippen LogP contribution in [0.15, 0.2) is 12.2 Å². The predicted octanol–water partition coefficient (Wildman–Crippen LogP) is 2.12. The molecular weight excluding hydrogens is 246 g/mol. The van der Waals surface area contributed by atoms with Crippen LogP contribution in [-0.4, -0.2) is 22.8 Å². The van der Waals surface area contributed by atoms with Crippen LogP contribution in [0, 0.1) is 5.92 Å². The van der Waals surface area contributed by atoms with Gasteiger partial charge in [-0.3, -0.25) is 9.59 Å². The number of hydrogen-bond acceptors (Lipinski definition) is 4. The van der Waals surface area contributed by atoms with E-state index in [1.165, 1.54) is 0 Å². The Labute approximate surface area is 112 Å². The standard InChI is InChI=1S/C14H19NO4/c16-12-8-9-13(17)15(12)19-14(18)10-11-6-4-2-1-3-5-7-11/h1-2,11H,3-10H2/b2-1+. The number of hydroxylamine groups is 2. The summed E-state index contributed by atoms with van der Waals surface area (Å²) in [7, 11) is 0. The lowest BCUT2D eigenvalue weighted by Crippen LogP contribution is -2.32. The van der Waals surface area contributed by atoms with Crippen molar-refractivity contribution in [2.24, 2.45) is 5.92 Å². The fraction of sp³-hybridized carbons (Fsp3) is 0.643. The van der Waals surface area contributed by atoms with Gasteiger partial charge in [-0.05, 0) is 38.0 Å². The van der Waals surface area contributed by atoms with Crippen molar-refractivity contribution in [1.82, 2.24) is 5.06 Å². The Bertz CT molecular complexity index is 386. The van der Waals surface area contributed by atoms with E-state index >= 15 is 0 Å². The fourth-order valence-electron chi connectivity index (χ4n) is 2.47. The summed E-state index contributed by atoms with van der Waals surface area (Å²) in [6, 6.07) is 0. The molecule has 0 aromatic rings. The molecule has 1 aliphatic carbocycles. The highest BCUT2D eigenvalue weighted by atomic mass is 16.7. The SMILES string of the molecule is O=C(CC1CC/C=C/CCC1)ON1C(=O)CCC1=O. The second-order valence-corrected chi connectivity index (χ2v) is 5.09. The Hall–Kier alpha value is -1.65. The van der Waals surface area contributed by atoms with Crippen molar-refractivity contribution in [3.8, 4) is 0 Å². The third kappa shape index (κ3) is 3.91.